The summed E-state index contributed by atoms with van der Waals surface area (Å²) in [5.74, 6) is -0.853. The highest BCUT2D eigenvalue weighted by atomic mass is 35.5. The molecule has 1 rings (SSSR count). The van der Waals surface area contributed by atoms with Crippen LogP contribution in [0.15, 0.2) is 18.2 Å². The van der Waals surface area contributed by atoms with Gasteiger partial charge in [0.15, 0.2) is 0 Å². The number of nitrogens with one attached hydrogen (secondary N) is 1. The van der Waals surface area contributed by atoms with Gasteiger partial charge in [0.25, 0.3) is 0 Å². The van der Waals surface area contributed by atoms with Gasteiger partial charge in [0.05, 0.1) is 0 Å². The van der Waals surface area contributed by atoms with E-state index >= 15 is 0 Å². The van der Waals surface area contributed by atoms with Gasteiger partial charge in [-0.3, -0.25) is 4.79 Å². The van der Waals surface area contributed by atoms with Crippen LogP contribution in [0, 0.1) is 6.92 Å². The van der Waals surface area contributed by atoms with Gasteiger partial charge in [-0.15, -0.1) is 0 Å². The molecule has 0 spiro atoms. The predicted molar refractivity (Wildman–Crippen MR) is 60.4 cm³/mol. The van der Waals surface area contributed by atoms with E-state index in [0.717, 1.165) is 11.1 Å². The van der Waals surface area contributed by atoms with Crippen molar-refractivity contribution in [1.82, 2.24) is 5.32 Å². The molecule has 2 N–H and O–H groups in total. The average molecular weight is 228 g/mol. The summed E-state index contributed by atoms with van der Waals surface area (Å²) < 4.78 is 0. The molecule has 0 aliphatic rings. The first-order valence-electron chi connectivity index (χ1n) is 4.69. The van der Waals surface area contributed by atoms with Crippen LogP contribution in [0.1, 0.15) is 11.1 Å². The first-order valence-corrected chi connectivity index (χ1v) is 5.07. The Hall–Kier alpha value is -1.06. The second kappa shape index (κ2) is 5.14. The van der Waals surface area contributed by atoms with Crippen molar-refractivity contribution in [3.8, 4) is 0 Å². The first-order chi connectivity index (χ1) is 7.04. The zero-order valence-corrected chi connectivity index (χ0v) is 9.51. The van der Waals surface area contributed by atoms with Gasteiger partial charge in [-0.05, 0) is 37.6 Å². The molecule has 4 heteroatoms. The molecule has 0 unspecified atom stereocenters. The van der Waals surface area contributed by atoms with Crippen molar-refractivity contribution in [1.29, 1.82) is 0 Å². The Kier molecular flexibility index (Phi) is 4.12. The Labute approximate surface area is 94.1 Å². The molecule has 0 saturated carbocycles. The number of carbonyl (C=O) groups is 1. The third kappa shape index (κ3) is 3.22. The number of likely N-dealkylation sites (N-methyl/N-ethyl adjacent to an activating group) is 1. The van der Waals surface area contributed by atoms with Crippen LogP contribution < -0.4 is 5.32 Å². The lowest BCUT2D eigenvalue weighted by Crippen LogP contribution is -2.35. The monoisotopic (exact) mass is 227 g/mol. The van der Waals surface area contributed by atoms with E-state index in [1.165, 1.54) is 0 Å². The zero-order valence-electron chi connectivity index (χ0n) is 8.75. The minimum atomic E-state index is -0.853. The van der Waals surface area contributed by atoms with Crippen molar-refractivity contribution >= 4 is 17.6 Å². The van der Waals surface area contributed by atoms with E-state index in [-0.39, 0.29) is 0 Å². The first kappa shape index (κ1) is 12.0. The molecule has 0 saturated heterocycles. The molecule has 0 aliphatic carbocycles. The highest BCUT2D eigenvalue weighted by Crippen LogP contribution is 2.17. The molecule has 3 nitrogen and oxygen atoms in total. The van der Waals surface area contributed by atoms with Gasteiger partial charge in [-0.1, -0.05) is 23.7 Å². The van der Waals surface area contributed by atoms with Gasteiger partial charge < -0.3 is 10.4 Å². The van der Waals surface area contributed by atoms with Crippen molar-refractivity contribution in [2.24, 2.45) is 0 Å². The Bertz CT molecular complexity index is 366. The van der Waals surface area contributed by atoms with E-state index in [1.807, 2.05) is 25.1 Å². The van der Waals surface area contributed by atoms with Crippen LogP contribution >= 0.6 is 11.6 Å². The molecule has 0 aromatic heterocycles. The number of hydrogen-bond donors (Lipinski definition) is 2. The summed E-state index contributed by atoms with van der Waals surface area (Å²) in [6.07, 6.45) is 0.436. The highest BCUT2D eigenvalue weighted by Gasteiger charge is 2.15. The lowest BCUT2D eigenvalue weighted by atomic mass is 10.0. The third-order valence-corrected chi connectivity index (χ3v) is 2.73. The Morgan fingerprint density at radius 3 is 2.73 bits per heavy atom. The van der Waals surface area contributed by atoms with E-state index in [1.54, 1.807) is 7.05 Å². The smallest absolute Gasteiger partial charge is 0.321 e. The van der Waals surface area contributed by atoms with Crippen molar-refractivity contribution in [3.63, 3.8) is 0 Å². The van der Waals surface area contributed by atoms with Crippen LogP contribution in [0.3, 0.4) is 0 Å². The van der Waals surface area contributed by atoms with Crippen molar-refractivity contribution < 1.29 is 9.90 Å². The molecule has 0 amide bonds. The SMILES string of the molecule is CN[C@@H](Cc1ccc(C)c(Cl)c1)C(=O)O. The Morgan fingerprint density at radius 2 is 2.27 bits per heavy atom. The number of benzene rings is 1. The number of aliphatic carboxylic acids is 1. The van der Waals surface area contributed by atoms with Crippen molar-refractivity contribution in [2.45, 2.75) is 19.4 Å². The topological polar surface area (TPSA) is 49.3 Å². The molecule has 1 atom stereocenters. The number of aryl methyl sites for hydroxylation is 1. The van der Waals surface area contributed by atoms with Crippen LogP contribution in [-0.2, 0) is 11.2 Å². The average Bonchev–Trinajstić information content (AvgIpc) is 2.19. The molecule has 0 fully saturated rings. The molecular weight excluding hydrogens is 214 g/mol. The summed E-state index contributed by atoms with van der Waals surface area (Å²) in [4.78, 5) is 10.8. The summed E-state index contributed by atoms with van der Waals surface area (Å²) in [6.45, 7) is 1.92. The third-order valence-electron chi connectivity index (χ3n) is 2.32. The summed E-state index contributed by atoms with van der Waals surface area (Å²) in [7, 11) is 1.63. The molecule has 1 aromatic carbocycles. The molecule has 82 valence electrons. The maximum Gasteiger partial charge on any atom is 0.321 e. The van der Waals surface area contributed by atoms with Crippen LogP contribution in [0.25, 0.3) is 0 Å². The second-order valence-corrected chi connectivity index (χ2v) is 3.87. The minimum Gasteiger partial charge on any atom is -0.480 e. The number of rotatable bonds is 4. The molecule has 0 radical (unpaired) electrons. The summed E-state index contributed by atoms with van der Waals surface area (Å²) in [5, 5.41) is 12.3. The quantitative estimate of drug-likeness (QED) is 0.826. The van der Waals surface area contributed by atoms with Gasteiger partial charge in [-0.2, -0.15) is 0 Å². The van der Waals surface area contributed by atoms with Gasteiger partial charge in [0.1, 0.15) is 6.04 Å². The summed E-state index contributed by atoms with van der Waals surface area (Å²) >= 11 is 5.95. The molecule has 15 heavy (non-hydrogen) atoms. The Morgan fingerprint density at radius 1 is 1.60 bits per heavy atom. The maximum absolute atomic E-state index is 10.8. The Balaban J connectivity index is 2.80. The van der Waals surface area contributed by atoms with Gasteiger partial charge >= 0.3 is 5.97 Å². The fraction of sp³-hybridized carbons (Fsp3) is 0.364. The van der Waals surface area contributed by atoms with Gasteiger partial charge in [-0.25, -0.2) is 0 Å². The lowest BCUT2D eigenvalue weighted by Gasteiger charge is -2.11. The number of halogens is 1. The lowest BCUT2D eigenvalue weighted by molar-refractivity contribution is -0.139. The molecule has 1 aromatic rings. The normalized spacial score (nSPS) is 12.5. The van der Waals surface area contributed by atoms with Crippen LogP contribution in [0.4, 0.5) is 0 Å². The molecule has 0 aliphatic heterocycles. The highest BCUT2D eigenvalue weighted by molar-refractivity contribution is 6.31. The number of carboxylic acid groups (broad SMARTS) is 1. The molecule has 0 heterocycles. The largest absolute Gasteiger partial charge is 0.480 e. The van der Waals surface area contributed by atoms with Gasteiger partial charge in [0, 0.05) is 5.02 Å². The molecule has 0 bridgehead atoms. The fourth-order valence-corrected chi connectivity index (χ4v) is 1.52. The standard InChI is InChI=1S/C11H14ClNO2/c1-7-3-4-8(5-9(7)12)6-10(13-2)11(14)15/h3-5,10,13H,6H2,1-2H3,(H,14,15)/t10-/m0/s1. The van der Waals surface area contributed by atoms with E-state index in [9.17, 15) is 4.79 Å². The second-order valence-electron chi connectivity index (χ2n) is 3.47. The fourth-order valence-electron chi connectivity index (χ4n) is 1.31. The number of hydrogen-bond acceptors (Lipinski definition) is 2. The van der Waals surface area contributed by atoms with Crippen LogP contribution in [-0.4, -0.2) is 24.2 Å². The van der Waals surface area contributed by atoms with E-state index in [0.29, 0.717) is 11.4 Å². The predicted octanol–water partition coefficient (Wildman–Crippen LogP) is 1.86. The molecular formula is C11H14ClNO2. The van der Waals surface area contributed by atoms with Crippen LogP contribution in [0.2, 0.25) is 5.02 Å². The van der Waals surface area contributed by atoms with Crippen LogP contribution in [0.5, 0.6) is 0 Å². The van der Waals surface area contributed by atoms with Crippen molar-refractivity contribution in [3.05, 3.63) is 34.3 Å². The summed E-state index contributed by atoms with van der Waals surface area (Å²) in [5.41, 5.74) is 1.92. The van der Waals surface area contributed by atoms with Gasteiger partial charge in [0.2, 0.25) is 0 Å². The number of carboxylic acids is 1. The summed E-state index contributed by atoms with van der Waals surface area (Å²) in [6, 6.07) is 5.04. The minimum absolute atomic E-state index is 0.436. The van der Waals surface area contributed by atoms with E-state index in [2.05, 4.69) is 5.32 Å². The van der Waals surface area contributed by atoms with E-state index < -0.39 is 12.0 Å². The van der Waals surface area contributed by atoms with E-state index in [4.69, 9.17) is 16.7 Å². The van der Waals surface area contributed by atoms with Crippen molar-refractivity contribution in [2.75, 3.05) is 7.05 Å². The zero-order chi connectivity index (χ0) is 11.4. The maximum atomic E-state index is 10.8.